The zero-order chi connectivity index (χ0) is 18.7. The van der Waals surface area contributed by atoms with Crippen LogP contribution in [0.15, 0.2) is 54.2 Å². The maximum Gasteiger partial charge on any atom is 0.273 e. The Morgan fingerprint density at radius 1 is 1.00 bits per heavy atom. The minimum absolute atomic E-state index is 0.0408. The van der Waals surface area contributed by atoms with Crippen LogP contribution in [0.1, 0.15) is 54.3 Å². The van der Waals surface area contributed by atoms with Crippen LogP contribution in [-0.4, -0.2) is 27.8 Å². The maximum absolute atomic E-state index is 12.8. The van der Waals surface area contributed by atoms with E-state index in [1.807, 2.05) is 31.5 Å². The summed E-state index contributed by atoms with van der Waals surface area (Å²) in [5.74, 6) is 0.427. The first-order valence-electron chi connectivity index (χ1n) is 8.70. The summed E-state index contributed by atoms with van der Waals surface area (Å²) in [6.07, 6.45) is 3.48. The highest BCUT2D eigenvalue weighted by atomic mass is 32.1. The van der Waals surface area contributed by atoms with Gasteiger partial charge in [0.05, 0.1) is 6.04 Å². The van der Waals surface area contributed by atoms with Crippen molar-refractivity contribution in [3.63, 3.8) is 0 Å². The van der Waals surface area contributed by atoms with Gasteiger partial charge in [-0.25, -0.2) is 4.98 Å². The lowest BCUT2D eigenvalue weighted by Gasteiger charge is -2.24. The van der Waals surface area contributed by atoms with Crippen molar-refractivity contribution in [3.8, 4) is 10.6 Å². The van der Waals surface area contributed by atoms with Gasteiger partial charge in [0.1, 0.15) is 10.7 Å². The molecule has 2 heterocycles. The number of benzene rings is 1. The van der Waals surface area contributed by atoms with Gasteiger partial charge in [-0.3, -0.25) is 9.78 Å². The van der Waals surface area contributed by atoms with E-state index in [-0.39, 0.29) is 11.9 Å². The van der Waals surface area contributed by atoms with Crippen molar-refractivity contribution >= 4 is 17.2 Å². The zero-order valence-electron chi connectivity index (χ0n) is 15.5. The molecule has 0 bridgehead atoms. The third-order valence-corrected chi connectivity index (χ3v) is 5.53. The molecule has 0 aliphatic carbocycles. The smallest absolute Gasteiger partial charge is 0.273 e. The molecule has 0 radical (unpaired) electrons. The van der Waals surface area contributed by atoms with Crippen LogP contribution in [0.25, 0.3) is 10.6 Å². The monoisotopic (exact) mass is 365 g/mol. The summed E-state index contributed by atoms with van der Waals surface area (Å²) >= 11 is 1.50. The Morgan fingerprint density at radius 3 is 2.27 bits per heavy atom. The number of aromatic nitrogens is 2. The van der Waals surface area contributed by atoms with E-state index in [0.717, 1.165) is 16.1 Å². The van der Waals surface area contributed by atoms with Crippen molar-refractivity contribution in [3.05, 3.63) is 71.0 Å². The molecule has 0 aliphatic heterocycles. The molecule has 3 rings (SSSR count). The Bertz CT molecular complexity index is 872. The predicted molar refractivity (Wildman–Crippen MR) is 106 cm³/mol. The molecule has 0 fully saturated rings. The van der Waals surface area contributed by atoms with E-state index in [1.54, 1.807) is 17.3 Å². The number of carbonyl (C=O) groups excluding carboxylic acids is 1. The van der Waals surface area contributed by atoms with Gasteiger partial charge in [0.25, 0.3) is 5.91 Å². The molecule has 0 saturated carbocycles. The molecule has 3 aromatic rings. The van der Waals surface area contributed by atoms with E-state index >= 15 is 0 Å². The topological polar surface area (TPSA) is 46.1 Å². The minimum Gasteiger partial charge on any atom is -0.334 e. The van der Waals surface area contributed by atoms with Gasteiger partial charge in [-0.15, -0.1) is 11.3 Å². The normalized spacial score (nSPS) is 12.2. The summed E-state index contributed by atoms with van der Waals surface area (Å²) in [5.41, 5.74) is 3.88. The van der Waals surface area contributed by atoms with Crippen molar-refractivity contribution < 1.29 is 4.79 Å². The summed E-state index contributed by atoms with van der Waals surface area (Å²) < 4.78 is 0. The zero-order valence-corrected chi connectivity index (χ0v) is 16.3. The highest BCUT2D eigenvalue weighted by molar-refractivity contribution is 7.13. The number of amides is 1. The third-order valence-electron chi connectivity index (χ3n) is 4.64. The Kier molecular flexibility index (Phi) is 5.47. The Hall–Kier alpha value is -2.53. The van der Waals surface area contributed by atoms with Crippen LogP contribution in [-0.2, 0) is 0 Å². The fourth-order valence-electron chi connectivity index (χ4n) is 2.74. The number of rotatable bonds is 5. The molecule has 4 nitrogen and oxygen atoms in total. The molecule has 0 N–H and O–H groups in total. The number of hydrogen-bond acceptors (Lipinski definition) is 4. The van der Waals surface area contributed by atoms with Gasteiger partial charge < -0.3 is 4.90 Å². The number of pyridine rings is 1. The molecule has 1 aromatic carbocycles. The largest absolute Gasteiger partial charge is 0.334 e. The van der Waals surface area contributed by atoms with E-state index in [9.17, 15) is 4.79 Å². The number of carbonyl (C=O) groups is 1. The second kappa shape index (κ2) is 7.79. The van der Waals surface area contributed by atoms with Gasteiger partial charge in [0.15, 0.2) is 0 Å². The van der Waals surface area contributed by atoms with Crippen LogP contribution in [0.2, 0.25) is 0 Å². The van der Waals surface area contributed by atoms with E-state index < -0.39 is 0 Å². The second-order valence-electron chi connectivity index (χ2n) is 6.69. The van der Waals surface area contributed by atoms with E-state index in [2.05, 4.69) is 48.1 Å². The van der Waals surface area contributed by atoms with Crippen molar-refractivity contribution in [2.24, 2.45) is 0 Å². The summed E-state index contributed by atoms with van der Waals surface area (Å²) in [7, 11) is 1.81. The molecule has 26 heavy (non-hydrogen) atoms. The van der Waals surface area contributed by atoms with Crippen LogP contribution in [0, 0.1) is 0 Å². The Morgan fingerprint density at radius 2 is 1.65 bits per heavy atom. The first kappa shape index (κ1) is 18.3. The molecule has 1 unspecified atom stereocenters. The van der Waals surface area contributed by atoms with Crippen molar-refractivity contribution in [2.45, 2.75) is 32.7 Å². The first-order chi connectivity index (χ1) is 12.5. The average molecular weight is 366 g/mol. The van der Waals surface area contributed by atoms with Crippen molar-refractivity contribution in [1.29, 1.82) is 0 Å². The number of hydrogen-bond donors (Lipinski definition) is 0. The molecule has 1 amide bonds. The predicted octanol–water partition coefficient (Wildman–Crippen LogP) is 5.16. The van der Waals surface area contributed by atoms with Gasteiger partial charge in [0.2, 0.25) is 0 Å². The SMILES string of the molecule is CC(C)c1ccc(-c2nc(C(=O)N(C)C(C)c3ccncc3)cs2)cc1. The molecule has 2 aromatic heterocycles. The Labute approximate surface area is 158 Å². The van der Waals surface area contributed by atoms with Crippen LogP contribution >= 0.6 is 11.3 Å². The lowest BCUT2D eigenvalue weighted by molar-refractivity contribution is 0.0737. The van der Waals surface area contributed by atoms with Gasteiger partial charge in [-0.05, 0) is 36.1 Å². The summed E-state index contributed by atoms with van der Waals surface area (Å²) in [4.78, 5) is 23.1. The van der Waals surface area contributed by atoms with E-state index in [1.165, 1.54) is 16.9 Å². The van der Waals surface area contributed by atoms with Crippen LogP contribution in [0.4, 0.5) is 0 Å². The Balaban J connectivity index is 1.77. The van der Waals surface area contributed by atoms with Crippen LogP contribution < -0.4 is 0 Å². The van der Waals surface area contributed by atoms with Crippen LogP contribution in [0.5, 0.6) is 0 Å². The van der Waals surface area contributed by atoms with Gasteiger partial charge >= 0.3 is 0 Å². The van der Waals surface area contributed by atoms with Gasteiger partial charge in [0, 0.05) is 30.4 Å². The van der Waals surface area contributed by atoms with Gasteiger partial charge in [-0.1, -0.05) is 38.1 Å². The van der Waals surface area contributed by atoms with E-state index in [4.69, 9.17) is 0 Å². The summed E-state index contributed by atoms with van der Waals surface area (Å²) in [6, 6.07) is 12.2. The highest BCUT2D eigenvalue weighted by Crippen LogP contribution is 2.27. The molecule has 1 atom stereocenters. The summed E-state index contributed by atoms with van der Waals surface area (Å²) in [5, 5.41) is 2.71. The molecule has 0 aliphatic rings. The fraction of sp³-hybridized carbons (Fsp3) is 0.286. The molecule has 5 heteroatoms. The third kappa shape index (κ3) is 3.83. The second-order valence-corrected chi connectivity index (χ2v) is 7.55. The van der Waals surface area contributed by atoms with Crippen LogP contribution in [0.3, 0.4) is 0 Å². The number of nitrogens with zero attached hydrogens (tertiary/aromatic N) is 3. The van der Waals surface area contributed by atoms with Crippen molar-refractivity contribution in [2.75, 3.05) is 7.05 Å². The fourth-order valence-corrected chi connectivity index (χ4v) is 3.54. The highest BCUT2D eigenvalue weighted by Gasteiger charge is 2.21. The molecular weight excluding hydrogens is 342 g/mol. The molecular formula is C21H23N3OS. The van der Waals surface area contributed by atoms with E-state index in [0.29, 0.717) is 11.6 Å². The maximum atomic E-state index is 12.8. The minimum atomic E-state index is -0.0735. The lowest BCUT2D eigenvalue weighted by atomic mass is 10.0. The average Bonchev–Trinajstić information content (AvgIpc) is 3.17. The number of thiazole rings is 1. The standard InChI is InChI=1S/C21H23N3OS/c1-14(2)16-5-7-18(8-6-16)20-23-19(13-26-20)21(25)24(4)15(3)17-9-11-22-12-10-17/h5-15H,1-4H3. The first-order valence-corrected chi connectivity index (χ1v) is 9.58. The lowest BCUT2D eigenvalue weighted by Crippen LogP contribution is -2.29. The quantitative estimate of drug-likeness (QED) is 0.627. The molecule has 134 valence electrons. The van der Waals surface area contributed by atoms with Crippen molar-refractivity contribution in [1.82, 2.24) is 14.9 Å². The summed E-state index contributed by atoms with van der Waals surface area (Å²) in [6.45, 7) is 6.36. The van der Waals surface area contributed by atoms with Gasteiger partial charge in [-0.2, -0.15) is 0 Å². The molecule has 0 spiro atoms. The molecule has 0 saturated heterocycles.